The average molecular weight is 370 g/mol. The number of para-hydroxylation sites is 1. The highest BCUT2D eigenvalue weighted by atomic mass is 16.2. The van der Waals surface area contributed by atoms with E-state index in [0.717, 1.165) is 63.1 Å². The van der Waals surface area contributed by atoms with Gasteiger partial charge in [0, 0.05) is 49.3 Å². The van der Waals surface area contributed by atoms with Crippen molar-refractivity contribution in [1.82, 2.24) is 4.90 Å². The van der Waals surface area contributed by atoms with E-state index in [4.69, 9.17) is 0 Å². The van der Waals surface area contributed by atoms with E-state index in [-0.39, 0.29) is 5.41 Å². The van der Waals surface area contributed by atoms with Gasteiger partial charge in [0.15, 0.2) is 0 Å². The normalized spacial score (nSPS) is 23.1. The van der Waals surface area contributed by atoms with Gasteiger partial charge in [0.2, 0.25) is 5.91 Å². The van der Waals surface area contributed by atoms with Gasteiger partial charge in [-0.3, -0.25) is 4.79 Å². The molecule has 0 bridgehead atoms. The molecule has 2 fully saturated rings. The largest absolute Gasteiger partial charge is 0.370 e. The Labute approximate surface area is 162 Å². The Hall–Kier alpha value is -2.24. The van der Waals surface area contributed by atoms with Gasteiger partial charge in [-0.25, -0.2) is 0 Å². The predicted molar refractivity (Wildman–Crippen MR) is 109 cm³/mol. The predicted octanol–water partition coefficient (Wildman–Crippen LogP) is 4.11. The van der Waals surface area contributed by atoms with Gasteiger partial charge in [0.1, 0.15) is 0 Å². The van der Waals surface area contributed by atoms with Crippen molar-refractivity contribution in [3.63, 3.8) is 0 Å². The molecule has 2 aliphatic heterocycles. The average Bonchev–Trinajstić information content (AvgIpc) is 3.31. The third kappa shape index (κ3) is 4.37. The summed E-state index contributed by atoms with van der Waals surface area (Å²) in [5.74, 6) is 0.334. The van der Waals surface area contributed by atoms with E-state index in [1.807, 2.05) is 13.0 Å². The van der Waals surface area contributed by atoms with Crippen molar-refractivity contribution in [3.05, 3.63) is 29.8 Å². The zero-order chi connectivity index (χ0) is 19.3. The van der Waals surface area contributed by atoms with Crippen LogP contribution >= 0.6 is 0 Å². The van der Waals surface area contributed by atoms with E-state index >= 15 is 0 Å². The Bertz CT molecular complexity index is 729. The summed E-state index contributed by atoms with van der Waals surface area (Å²) in [6.07, 6.45) is 5.02. The second-order valence-corrected chi connectivity index (χ2v) is 7.83. The number of hydrogen-bond acceptors (Lipinski definition) is 4. The van der Waals surface area contributed by atoms with Crippen LogP contribution in [0, 0.1) is 5.41 Å². The van der Waals surface area contributed by atoms with Crippen LogP contribution in [0.2, 0.25) is 0 Å². The molecular formula is C21H31N5O. The molecule has 1 atom stereocenters. The lowest BCUT2D eigenvalue weighted by atomic mass is 9.86. The Morgan fingerprint density at radius 3 is 2.74 bits per heavy atom. The fraction of sp³-hybridized carbons (Fsp3) is 0.619. The van der Waals surface area contributed by atoms with Crippen LogP contribution in [0.1, 0.15) is 51.5 Å². The van der Waals surface area contributed by atoms with Gasteiger partial charge < -0.3 is 9.80 Å². The highest BCUT2D eigenvalue weighted by Gasteiger charge is 2.44. The smallest absolute Gasteiger partial charge is 0.222 e. The standard InChI is InChI=1S/C21H31N5O/c1-4-5-10-20(27)26-14-12-21(16-26)11-13-25(15-21)19-9-7-6-8-18(19)17(2)23-24-22-3/h6-9H,4-5,10-16H2,1-3H3/b23-17+,24-22?. The highest BCUT2D eigenvalue weighted by Crippen LogP contribution is 2.42. The van der Waals surface area contributed by atoms with Crippen molar-refractivity contribution in [3.8, 4) is 0 Å². The first kappa shape index (κ1) is 19.5. The summed E-state index contributed by atoms with van der Waals surface area (Å²) >= 11 is 0. The lowest BCUT2D eigenvalue weighted by Crippen LogP contribution is -2.34. The van der Waals surface area contributed by atoms with Gasteiger partial charge >= 0.3 is 0 Å². The van der Waals surface area contributed by atoms with E-state index in [0.29, 0.717) is 12.3 Å². The van der Waals surface area contributed by atoms with Crippen LogP contribution in [0.4, 0.5) is 5.69 Å². The van der Waals surface area contributed by atoms with Crippen molar-refractivity contribution in [2.45, 2.75) is 46.0 Å². The highest BCUT2D eigenvalue weighted by molar-refractivity contribution is 6.03. The number of unbranched alkanes of at least 4 members (excludes halogenated alkanes) is 1. The number of carbonyl (C=O) groups excluding carboxylic acids is 1. The molecule has 0 aliphatic carbocycles. The van der Waals surface area contributed by atoms with Crippen LogP contribution < -0.4 is 4.90 Å². The summed E-state index contributed by atoms with van der Waals surface area (Å²) in [6.45, 7) is 7.96. The van der Waals surface area contributed by atoms with E-state index in [1.54, 1.807) is 7.05 Å². The maximum atomic E-state index is 12.4. The van der Waals surface area contributed by atoms with Gasteiger partial charge in [-0.2, -0.15) is 5.11 Å². The van der Waals surface area contributed by atoms with Crippen LogP contribution in [-0.2, 0) is 4.79 Å². The number of carbonyl (C=O) groups is 1. The second kappa shape index (κ2) is 8.63. The van der Waals surface area contributed by atoms with E-state index in [9.17, 15) is 4.79 Å². The third-order valence-corrected chi connectivity index (χ3v) is 5.89. The first-order valence-corrected chi connectivity index (χ1v) is 10.0. The Kier molecular flexibility index (Phi) is 6.24. The molecule has 2 saturated heterocycles. The number of amides is 1. The van der Waals surface area contributed by atoms with Crippen molar-refractivity contribution in [2.24, 2.45) is 20.9 Å². The maximum Gasteiger partial charge on any atom is 0.222 e. The summed E-state index contributed by atoms with van der Waals surface area (Å²) in [4.78, 5) is 17.0. The molecule has 3 rings (SSSR count). The molecule has 6 nitrogen and oxygen atoms in total. The summed E-state index contributed by atoms with van der Waals surface area (Å²) in [5, 5.41) is 11.7. The first-order chi connectivity index (χ1) is 13.1. The molecule has 1 aromatic rings. The molecule has 0 aromatic heterocycles. The second-order valence-electron chi connectivity index (χ2n) is 7.83. The van der Waals surface area contributed by atoms with Crippen molar-refractivity contribution in [2.75, 3.05) is 38.1 Å². The quantitative estimate of drug-likeness (QED) is 0.430. The van der Waals surface area contributed by atoms with Crippen LogP contribution in [0.5, 0.6) is 0 Å². The molecule has 27 heavy (non-hydrogen) atoms. The zero-order valence-electron chi connectivity index (χ0n) is 16.8. The number of nitrogens with zero attached hydrogens (tertiary/aromatic N) is 5. The zero-order valence-corrected chi connectivity index (χ0v) is 16.8. The summed E-state index contributed by atoms with van der Waals surface area (Å²) in [6, 6.07) is 8.37. The first-order valence-electron chi connectivity index (χ1n) is 10.0. The third-order valence-electron chi connectivity index (χ3n) is 5.89. The molecule has 1 unspecified atom stereocenters. The fourth-order valence-electron chi connectivity index (χ4n) is 4.33. The lowest BCUT2D eigenvalue weighted by Gasteiger charge is -2.26. The molecule has 6 heteroatoms. The van der Waals surface area contributed by atoms with Gasteiger partial charge in [-0.1, -0.05) is 31.5 Å². The SMILES string of the molecule is CCCCC(=O)N1CCC2(CCN(c3ccccc3/C(C)=N/N=NC)C2)C1. The number of hydrogen-bond donors (Lipinski definition) is 0. The minimum atomic E-state index is 0.239. The molecule has 2 heterocycles. The number of likely N-dealkylation sites (tertiary alicyclic amines) is 1. The van der Waals surface area contributed by atoms with Crippen LogP contribution in [0.25, 0.3) is 0 Å². The van der Waals surface area contributed by atoms with E-state index in [2.05, 4.69) is 50.4 Å². The molecule has 1 amide bonds. The minimum Gasteiger partial charge on any atom is -0.370 e. The number of anilines is 1. The Morgan fingerprint density at radius 2 is 1.96 bits per heavy atom. The number of rotatable bonds is 6. The molecule has 2 aliphatic rings. The monoisotopic (exact) mass is 369 g/mol. The van der Waals surface area contributed by atoms with Gasteiger partial charge in [0.25, 0.3) is 0 Å². The van der Waals surface area contributed by atoms with Gasteiger partial charge in [-0.15, -0.1) is 5.10 Å². The van der Waals surface area contributed by atoms with Crippen LogP contribution in [0.3, 0.4) is 0 Å². The maximum absolute atomic E-state index is 12.4. The molecular weight excluding hydrogens is 338 g/mol. The molecule has 1 aromatic carbocycles. The van der Waals surface area contributed by atoms with Crippen LogP contribution in [-0.4, -0.2) is 49.7 Å². The Balaban J connectivity index is 1.71. The fourth-order valence-corrected chi connectivity index (χ4v) is 4.33. The van der Waals surface area contributed by atoms with Gasteiger partial charge in [-0.05, 0) is 37.5 Å². The topological polar surface area (TPSA) is 60.6 Å². The van der Waals surface area contributed by atoms with Gasteiger partial charge in [0.05, 0.1) is 12.8 Å². The molecule has 0 N–H and O–H groups in total. The molecule has 146 valence electrons. The van der Waals surface area contributed by atoms with Crippen molar-refractivity contribution < 1.29 is 4.79 Å². The summed E-state index contributed by atoms with van der Waals surface area (Å²) < 4.78 is 0. The summed E-state index contributed by atoms with van der Waals surface area (Å²) in [7, 11) is 1.63. The Morgan fingerprint density at radius 1 is 1.19 bits per heavy atom. The molecule has 0 radical (unpaired) electrons. The van der Waals surface area contributed by atoms with E-state index < -0.39 is 0 Å². The van der Waals surface area contributed by atoms with Crippen LogP contribution in [0.15, 0.2) is 39.7 Å². The van der Waals surface area contributed by atoms with E-state index in [1.165, 1.54) is 5.69 Å². The summed E-state index contributed by atoms with van der Waals surface area (Å²) in [5.41, 5.74) is 3.43. The molecule has 1 spiro atoms. The van der Waals surface area contributed by atoms with Crippen molar-refractivity contribution >= 4 is 17.3 Å². The van der Waals surface area contributed by atoms with Crippen molar-refractivity contribution in [1.29, 1.82) is 0 Å². The number of benzene rings is 1. The minimum absolute atomic E-state index is 0.239. The lowest BCUT2D eigenvalue weighted by molar-refractivity contribution is -0.130. The molecule has 0 saturated carbocycles.